The van der Waals surface area contributed by atoms with Gasteiger partial charge in [0.25, 0.3) is 0 Å². The summed E-state index contributed by atoms with van der Waals surface area (Å²) in [7, 11) is 0. The maximum Gasteiger partial charge on any atom is 0.249 e. The average Bonchev–Trinajstić information content (AvgIpc) is 3.16. The van der Waals surface area contributed by atoms with Gasteiger partial charge in [-0.2, -0.15) is 0 Å². The maximum atomic E-state index is 12.2. The maximum absolute atomic E-state index is 12.2. The van der Waals surface area contributed by atoms with Crippen molar-refractivity contribution in [1.29, 1.82) is 0 Å². The fourth-order valence-corrected chi connectivity index (χ4v) is 4.86. The Kier molecular flexibility index (Phi) is 6.08. The summed E-state index contributed by atoms with van der Waals surface area (Å²) in [5.41, 5.74) is 8.76. The normalized spacial score (nSPS) is 19.0. The van der Waals surface area contributed by atoms with Crippen LogP contribution in [0, 0.1) is 12.8 Å². The third-order valence-electron chi connectivity index (χ3n) is 5.86. The van der Waals surface area contributed by atoms with Crippen LogP contribution in [0.15, 0.2) is 35.7 Å². The van der Waals surface area contributed by atoms with Gasteiger partial charge in [0.2, 0.25) is 11.8 Å². The van der Waals surface area contributed by atoms with Crippen LogP contribution in [-0.2, 0) is 11.2 Å². The third-order valence-corrected chi connectivity index (χ3v) is 6.68. The molecule has 1 aromatic carbocycles. The lowest BCUT2D eigenvalue weighted by Gasteiger charge is -2.28. The first-order valence-electron chi connectivity index (χ1n) is 10.4. The Morgan fingerprint density at radius 3 is 2.63 bits per heavy atom. The number of aromatic nitrogens is 2. The molecule has 4 rings (SSSR count). The number of primary amides is 1. The summed E-state index contributed by atoms with van der Waals surface area (Å²) in [5.74, 6) is 0.405. The Morgan fingerprint density at radius 1 is 1.17 bits per heavy atom. The number of pyridine rings is 1. The number of carbonyl (C=O) groups is 2. The van der Waals surface area contributed by atoms with Crippen molar-refractivity contribution in [2.45, 2.75) is 44.9 Å². The molecule has 7 heteroatoms. The molecule has 156 valence electrons. The summed E-state index contributed by atoms with van der Waals surface area (Å²) in [4.78, 5) is 33.3. The molecule has 6 nitrogen and oxygen atoms in total. The molecule has 2 amide bonds. The number of amides is 2. The number of benzene rings is 1. The number of nitrogens with one attached hydrogen (secondary N) is 1. The molecule has 3 N–H and O–H groups in total. The number of nitrogens with zero attached hydrogens (tertiary/aromatic N) is 2. The van der Waals surface area contributed by atoms with Crippen molar-refractivity contribution in [3.8, 4) is 0 Å². The average molecular weight is 423 g/mol. The molecule has 0 spiro atoms. The Labute approximate surface area is 179 Å². The monoisotopic (exact) mass is 422 g/mol. The minimum Gasteiger partial charge on any atom is -0.366 e. The summed E-state index contributed by atoms with van der Waals surface area (Å²) in [6, 6.07) is 9.50. The topological polar surface area (TPSA) is 98.0 Å². The molecule has 0 atom stereocenters. The van der Waals surface area contributed by atoms with E-state index < -0.39 is 5.91 Å². The number of carbonyl (C=O) groups excluding carboxylic acids is 2. The Balaban J connectivity index is 1.34. The second-order valence-corrected chi connectivity index (χ2v) is 9.09. The van der Waals surface area contributed by atoms with Crippen molar-refractivity contribution in [3.63, 3.8) is 0 Å². The number of para-hydroxylation sites is 1. The number of hydrogen-bond acceptors (Lipinski definition) is 5. The number of fused-ring (bicyclic) bond motifs is 1. The van der Waals surface area contributed by atoms with E-state index in [4.69, 9.17) is 10.7 Å². The van der Waals surface area contributed by atoms with Crippen LogP contribution in [0.5, 0.6) is 0 Å². The molecular weight excluding hydrogens is 396 g/mol. The SMILES string of the molecule is Cc1nc(CC(=O)NCC2CCC(c3cc(C(N)=O)c4ccccc4n3)CC2)cs1. The summed E-state index contributed by atoms with van der Waals surface area (Å²) >= 11 is 1.57. The van der Waals surface area contributed by atoms with E-state index in [0.717, 1.165) is 53.0 Å². The minimum atomic E-state index is -0.415. The molecule has 30 heavy (non-hydrogen) atoms. The van der Waals surface area contributed by atoms with Crippen LogP contribution in [0.2, 0.25) is 0 Å². The second kappa shape index (κ2) is 8.92. The third kappa shape index (κ3) is 4.67. The molecule has 0 unspecified atom stereocenters. The van der Waals surface area contributed by atoms with Gasteiger partial charge in [0.05, 0.1) is 28.2 Å². The van der Waals surface area contributed by atoms with E-state index in [1.54, 1.807) is 11.3 Å². The van der Waals surface area contributed by atoms with Gasteiger partial charge in [-0.15, -0.1) is 11.3 Å². The van der Waals surface area contributed by atoms with Crippen molar-refractivity contribution < 1.29 is 9.59 Å². The van der Waals surface area contributed by atoms with Crippen LogP contribution in [0.4, 0.5) is 0 Å². The van der Waals surface area contributed by atoms with Gasteiger partial charge in [0.15, 0.2) is 0 Å². The highest BCUT2D eigenvalue weighted by Gasteiger charge is 2.25. The number of aryl methyl sites for hydroxylation is 1. The van der Waals surface area contributed by atoms with Crippen LogP contribution in [-0.4, -0.2) is 28.3 Å². The van der Waals surface area contributed by atoms with Crippen molar-refractivity contribution in [1.82, 2.24) is 15.3 Å². The van der Waals surface area contributed by atoms with Gasteiger partial charge in [-0.3, -0.25) is 14.6 Å². The van der Waals surface area contributed by atoms with E-state index in [1.807, 2.05) is 42.6 Å². The summed E-state index contributed by atoms with van der Waals surface area (Å²) in [6.07, 6.45) is 4.39. The zero-order valence-corrected chi connectivity index (χ0v) is 17.9. The van der Waals surface area contributed by atoms with Gasteiger partial charge >= 0.3 is 0 Å². The van der Waals surface area contributed by atoms with Crippen molar-refractivity contribution in [2.75, 3.05) is 6.54 Å². The molecule has 2 heterocycles. The van der Waals surface area contributed by atoms with Gasteiger partial charge < -0.3 is 11.1 Å². The molecule has 1 aliphatic carbocycles. The predicted molar refractivity (Wildman–Crippen MR) is 119 cm³/mol. The van der Waals surface area contributed by atoms with Crippen molar-refractivity contribution in [2.24, 2.45) is 11.7 Å². The first-order chi connectivity index (χ1) is 14.5. The van der Waals surface area contributed by atoms with Gasteiger partial charge in [0.1, 0.15) is 0 Å². The Hall–Kier alpha value is -2.80. The fourth-order valence-electron chi connectivity index (χ4n) is 4.25. The van der Waals surface area contributed by atoms with Gasteiger partial charge in [0, 0.05) is 28.9 Å². The lowest BCUT2D eigenvalue weighted by atomic mass is 9.80. The van der Waals surface area contributed by atoms with Crippen LogP contribution >= 0.6 is 11.3 Å². The van der Waals surface area contributed by atoms with Crippen LogP contribution in [0.3, 0.4) is 0 Å². The lowest BCUT2D eigenvalue weighted by molar-refractivity contribution is -0.120. The highest BCUT2D eigenvalue weighted by atomic mass is 32.1. The number of thiazole rings is 1. The fraction of sp³-hybridized carbons (Fsp3) is 0.391. The smallest absolute Gasteiger partial charge is 0.249 e. The van der Waals surface area contributed by atoms with Crippen molar-refractivity contribution >= 4 is 34.1 Å². The Morgan fingerprint density at radius 2 is 1.93 bits per heavy atom. The van der Waals surface area contributed by atoms with E-state index in [9.17, 15) is 9.59 Å². The molecule has 3 aromatic rings. The zero-order valence-electron chi connectivity index (χ0n) is 17.1. The highest BCUT2D eigenvalue weighted by molar-refractivity contribution is 7.09. The van der Waals surface area contributed by atoms with E-state index >= 15 is 0 Å². The molecule has 0 aliphatic heterocycles. The van der Waals surface area contributed by atoms with Crippen LogP contribution in [0.1, 0.15) is 58.4 Å². The summed E-state index contributed by atoms with van der Waals surface area (Å²) in [6.45, 7) is 2.65. The number of rotatable bonds is 6. The van der Waals surface area contributed by atoms with Gasteiger partial charge in [-0.05, 0) is 50.7 Å². The van der Waals surface area contributed by atoms with Crippen molar-refractivity contribution in [3.05, 3.63) is 57.7 Å². The zero-order chi connectivity index (χ0) is 21.1. The standard InChI is InChI=1S/C23H26N4O2S/c1-14-26-17(13-30-14)10-22(28)25-12-15-6-8-16(9-7-15)21-11-19(23(24)29)18-4-2-3-5-20(18)27-21/h2-5,11,13,15-16H,6-10,12H2,1H3,(H2,24,29)(H,25,28). The quantitative estimate of drug-likeness (QED) is 0.632. The van der Waals surface area contributed by atoms with Gasteiger partial charge in [-0.25, -0.2) is 4.98 Å². The molecule has 1 saturated carbocycles. The minimum absolute atomic E-state index is 0.0321. The molecule has 1 aliphatic rings. The first-order valence-corrected chi connectivity index (χ1v) is 11.2. The van der Waals surface area contributed by atoms with E-state index in [2.05, 4.69) is 10.3 Å². The molecule has 0 bridgehead atoms. The van der Waals surface area contributed by atoms with E-state index in [0.29, 0.717) is 30.4 Å². The number of nitrogens with two attached hydrogens (primary N) is 1. The Bertz CT molecular complexity index is 1070. The van der Waals surface area contributed by atoms with Gasteiger partial charge in [-0.1, -0.05) is 18.2 Å². The van der Waals surface area contributed by atoms with Crippen LogP contribution < -0.4 is 11.1 Å². The summed E-state index contributed by atoms with van der Waals surface area (Å²) in [5, 5.41) is 6.79. The molecule has 0 radical (unpaired) electrons. The summed E-state index contributed by atoms with van der Waals surface area (Å²) < 4.78 is 0. The second-order valence-electron chi connectivity index (χ2n) is 8.03. The molecular formula is C23H26N4O2S. The van der Waals surface area contributed by atoms with Crippen LogP contribution in [0.25, 0.3) is 10.9 Å². The highest BCUT2D eigenvalue weighted by Crippen LogP contribution is 2.36. The molecule has 2 aromatic heterocycles. The molecule has 1 fully saturated rings. The number of hydrogen-bond donors (Lipinski definition) is 2. The first kappa shape index (κ1) is 20.5. The molecule has 0 saturated heterocycles. The van der Waals surface area contributed by atoms with E-state index in [-0.39, 0.29) is 5.91 Å². The largest absolute Gasteiger partial charge is 0.366 e. The lowest BCUT2D eigenvalue weighted by Crippen LogP contribution is -2.32. The predicted octanol–water partition coefficient (Wildman–Crippen LogP) is 3.73. The van der Waals surface area contributed by atoms with E-state index in [1.165, 1.54) is 0 Å².